The van der Waals surface area contributed by atoms with Crippen molar-refractivity contribution in [3.63, 3.8) is 0 Å². The number of hydrogen-bond acceptors (Lipinski definition) is 3. The molecule has 1 fully saturated rings. The van der Waals surface area contributed by atoms with Gasteiger partial charge in [0, 0.05) is 0 Å². The summed E-state index contributed by atoms with van der Waals surface area (Å²) in [7, 11) is 0. The van der Waals surface area contributed by atoms with E-state index in [1.165, 1.54) is 6.92 Å². The lowest BCUT2D eigenvalue weighted by atomic mass is 10.1. The summed E-state index contributed by atoms with van der Waals surface area (Å²) in [6, 6.07) is 0. The maximum absolute atomic E-state index is 10.6. The molecule has 0 saturated carbocycles. The van der Waals surface area contributed by atoms with Gasteiger partial charge in [0.15, 0.2) is 4.87 Å². The summed E-state index contributed by atoms with van der Waals surface area (Å²) in [5.74, 6) is -0.545. The molecular weight excluding hydrogens is 144 g/mol. The van der Waals surface area contributed by atoms with Crippen LogP contribution in [0, 0.1) is 0 Å². The Bertz CT molecular complexity index is 143. The van der Waals surface area contributed by atoms with Crippen molar-refractivity contribution in [2.45, 2.75) is 17.9 Å². The Balaban J connectivity index is 2.78. The fourth-order valence-corrected chi connectivity index (χ4v) is 0.706. The fraction of sp³-hybridized carbons (Fsp3) is 0.800. The van der Waals surface area contributed by atoms with Gasteiger partial charge in [-0.15, -0.1) is 11.6 Å². The molecule has 1 aliphatic rings. The highest BCUT2D eigenvalue weighted by Gasteiger charge is 2.46. The number of aliphatic hydroxyl groups is 1. The predicted octanol–water partition coefficient (Wildman–Crippen LogP) is -0.0984. The van der Waals surface area contributed by atoms with E-state index in [9.17, 15) is 4.79 Å². The second-order valence-corrected chi connectivity index (χ2v) is 2.98. The van der Waals surface area contributed by atoms with Crippen LogP contribution in [0.1, 0.15) is 6.92 Å². The molecule has 0 bridgehead atoms. The normalized spacial score (nSPS) is 43.0. The van der Waals surface area contributed by atoms with Crippen LogP contribution in [0.4, 0.5) is 0 Å². The van der Waals surface area contributed by atoms with Gasteiger partial charge in [-0.05, 0) is 6.92 Å². The zero-order valence-corrected chi connectivity index (χ0v) is 5.68. The highest BCUT2D eigenvalue weighted by Crippen LogP contribution is 2.26. The first-order valence-electron chi connectivity index (χ1n) is 2.59. The maximum atomic E-state index is 10.6. The third-order valence-electron chi connectivity index (χ3n) is 1.40. The average molecular weight is 151 g/mol. The SMILES string of the molecule is CC1(Cl)C(=O)OCC1O. The Labute approximate surface area is 57.6 Å². The van der Waals surface area contributed by atoms with Gasteiger partial charge < -0.3 is 9.84 Å². The summed E-state index contributed by atoms with van der Waals surface area (Å²) >= 11 is 5.54. The van der Waals surface area contributed by atoms with Crippen molar-refractivity contribution in [3.05, 3.63) is 0 Å². The smallest absolute Gasteiger partial charge is 0.329 e. The van der Waals surface area contributed by atoms with Gasteiger partial charge in [0.05, 0.1) is 0 Å². The van der Waals surface area contributed by atoms with Crippen LogP contribution in [0.15, 0.2) is 0 Å². The highest BCUT2D eigenvalue weighted by atomic mass is 35.5. The van der Waals surface area contributed by atoms with E-state index >= 15 is 0 Å². The number of carbonyl (C=O) groups excluding carboxylic acids is 1. The van der Waals surface area contributed by atoms with E-state index in [2.05, 4.69) is 4.74 Å². The van der Waals surface area contributed by atoms with Gasteiger partial charge in [-0.1, -0.05) is 0 Å². The topological polar surface area (TPSA) is 46.5 Å². The monoisotopic (exact) mass is 150 g/mol. The average Bonchev–Trinajstić information content (AvgIpc) is 1.96. The summed E-state index contributed by atoms with van der Waals surface area (Å²) in [6.07, 6.45) is -0.869. The van der Waals surface area contributed by atoms with Gasteiger partial charge >= 0.3 is 5.97 Å². The summed E-state index contributed by atoms with van der Waals surface area (Å²) < 4.78 is 4.46. The third kappa shape index (κ3) is 0.904. The molecule has 1 rings (SSSR count). The van der Waals surface area contributed by atoms with Gasteiger partial charge in [-0.3, -0.25) is 4.79 Å². The van der Waals surface area contributed by atoms with Crippen LogP contribution in [0.2, 0.25) is 0 Å². The first-order chi connectivity index (χ1) is 4.05. The van der Waals surface area contributed by atoms with Gasteiger partial charge in [0.25, 0.3) is 0 Å². The zero-order valence-electron chi connectivity index (χ0n) is 4.93. The van der Waals surface area contributed by atoms with Crippen molar-refractivity contribution >= 4 is 17.6 Å². The summed E-state index contributed by atoms with van der Waals surface area (Å²) in [4.78, 5) is 9.37. The summed E-state index contributed by atoms with van der Waals surface area (Å²) in [6.45, 7) is 1.45. The standard InChI is InChI=1S/C5H7ClO3/c1-5(6)3(7)2-9-4(5)8/h3,7H,2H2,1H3. The van der Waals surface area contributed by atoms with Crippen molar-refractivity contribution in [2.75, 3.05) is 6.61 Å². The largest absolute Gasteiger partial charge is 0.461 e. The maximum Gasteiger partial charge on any atom is 0.329 e. The number of alkyl halides is 1. The Morgan fingerprint density at radius 2 is 2.56 bits per heavy atom. The van der Waals surface area contributed by atoms with Gasteiger partial charge in [0.2, 0.25) is 0 Å². The van der Waals surface area contributed by atoms with Crippen molar-refractivity contribution in [1.29, 1.82) is 0 Å². The van der Waals surface area contributed by atoms with Crippen LogP contribution < -0.4 is 0 Å². The van der Waals surface area contributed by atoms with Gasteiger partial charge in [-0.2, -0.15) is 0 Å². The lowest BCUT2D eigenvalue weighted by Gasteiger charge is -2.11. The minimum absolute atomic E-state index is 0.0127. The molecule has 0 amide bonds. The summed E-state index contributed by atoms with van der Waals surface area (Å²) in [5.41, 5.74) is 0. The Hall–Kier alpha value is -0.280. The van der Waals surface area contributed by atoms with E-state index in [0.29, 0.717) is 0 Å². The first-order valence-corrected chi connectivity index (χ1v) is 2.97. The highest BCUT2D eigenvalue weighted by molar-refractivity contribution is 6.34. The fourth-order valence-electron chi connectivity index (χ4n) is 0.588. The molecule has 3 nitrogen and oxygen atoms in total. The summed E-state index contributed by atoms with van der Waals surface area (Å²) in [5, 5.41) is 8.95. The van der Waals surface area contributed by atoms with E-state index in [1.807, 2.05) is 0 Å². The molecule has 9 heavy (non-hydrogen) atoms. The zero-order chi connectivity index (χ0) is 7.07. The molecule has 2 unspecified atom stereocenters. The second kappa shape index (κ2) is 1.85. The lowest BCUT2D eigenvalue weighted by molar-refractivity contribution is -0.139. The molecule has 0 aliphatic carbocycles. The van der Waals surface area contributed by atoms with E-state index in [4.69, 9.17) is 16.7 Å². The lowest BCUT2D eigenvalue weighted by Crippen LogP contribution is -2.34. The van der Waals surface area contributed by atoms with Gasteiger partial charge in [-0.25, -0.2) is 0 Å². The van der Waals surface area contributed by atoms with E-state index < -0.39 is 16.9 Å². The molecule has 0 aromatic carbocycles. The minimum Gasteiger partial charge on any atom is -0.461 e. The van der Waals surface area contributed by atoms with Crippen molar-refractivity contribution in [2.24, 2.45) is 0 Å². The molecule has 2 atom stereocenters. The number of carbonyl (C=O) groups is 1. The first kappa shape index (κ1) is 6.83. The van der Waals surface area contributed by atoms with Crippen LogP contribution in [0.5, 0.6) is 0 Å². The quantitative estimate of drug-likeness (QED) is 0.388. The molecule has 0 spiro atoms. The van der Waals surface area contributed by atoms with Crippen LogP contribution in [0.3, 0.4) is 0 Å². The number of ether oxygens (including phenoxy) is 1. The number of cyclic esters (lactones) is 1. The molecule has 52 valence electrons. The Morgan fingerprint density at radius 3 is 2.67 bits per heavy atom. The van der Waals surface area contributed by atoms with Crippen LogP contribution in [-0.4, -0.2) is 28.7 Å². The molecular formula is C5H7ClO3. The molecule has 1 N–H and O–H groups in total. The molecule has 0 aromatic heterocycles. The van der Waals surface area contributed by atoms with Crippen molar-refractivity contribution in [1.82, 2.24) is 0 Å². The number of aliphatic hydroxyl groups excluding tert-OH is 1. The molecule has 4 heteroatoms. The predicted molar refractivity (Wildman–Crippen MR) is 31.2 cm³/mol. The molecule has 1 saturated heterocycles. The number of halogens is 1. The molecule has 0 radical (unpaired) electrons. The van der Waals surface area contributed by atoms with E-state index in [1.54, 1.807) is 0 Å². The van der Waals surface area contributed by atoms with Gasteiger partial charge in [0.1, 0.15) is 12.7 Å². The molecule has 0 aromatic rings. The minimum atomic E-state index is -1.22. The molecule has 1 heterocycles. The third-order valence-corrected chi connectivity index (χ3v) is 1.80. The van der Waals surface area contributed by atoms with Crippen LogP contribution in [-0.2, 0) is 9.53 Å². The van der Waals surface area contributed by atoms with Crippen molar-refractivity contribution < 1.29 is 14.6 Å². The van der Waals surface area contributed by atoms with E-state index in [0.717, 1.165) is 0 Å². The van der Waals surface area contributed by atoms with E-state index in [-0.39, 0.29) is 6.61 Å². The Morgan fingerprint density at radius 1 is 2.00 bits per heavy atom. The second-order valence-electron chi connectivity index (χ2n) is 2.19. The number of hydrogen-bond donors (Lipinski definition) is 1. The molecule has 1 aliphatic heterocycles. The van der Waals surface area contributed by atoms with Crippen molar-refractivity contribution in [3.8, 4) is 0 Å². The van der Waals surface area contributed by atoms with Crippen LogP contribution in [0.25, 0.3) is 0 Å². The number of rotatable bonds is 0. The van der Waals surface area contributed by atoms with Crippen LogP contribution >= 0.6 is 11.6 Å². The Kier molecular flexibility index (Phi) is 1.41. The number of esters is 1.